The lowest BCUT2D eigenvalue weighted by Gasteiger charge is -2.40. The number of carbonyl (C=O) groups excluding carboxylic acids is 5. The van der Waals surface area contributed by atoms with Crippen molar-refractivity contribution in [3.05, 3.63) is 35.7 Å². The summed E-state index contributed by atoms with van der Waals surface area (Å²) in [7, 11) is -3.33. The first-order valence-electron chi connectivity index (χ1n) is 24.6. The molecule has 3 aliphatic rings. The fourth-order valence-electron chi connectivity index (χ4n) is 6.79. The molecule has 5 amide bonds. The average Bonchev–Trinajstić information content (AvgIpc) is 3.55. The van der Waals surface area contributed by atoms with Crippen LogP contribution < -0.4 is 11.1 Å². The number of fused-ring (bicyclic) bond motifs is 1. The zero-order valence-corrected chi connectivity index (χ0v) is 42.9. The van der Waals surface area contributed by atoms with Gasteiger partial charge in [0, 0.05) is 56.5 Å². The van der Waals surface area contributed by atoms with Gasteiger partial charge in [0.15, 0.2) is 0 Å². The molecule has 26 heteroatoms. The second-order valence-electron chi connectivity index (χ2n) is 16.2. The van der Waals surface area contributed by atoms with Crippen molar-refractivity contribution in [3.8, 4) is 0 Å². The molecule has 1 saturated heterocycles. The monoisotopic (exact) mass is 1050 g/mol. The summed E-state index contributed by atoms with van der Waals surface area (Å²) in [6.45, 7) is 12.5. The Labute approximate surface area is 427 Å². The van der Waals surface area contributed by atoms with Crippen LogP contribution in [-0.2, 0) is 85.9 Å². The highest BCUT2D eigenvalue weighted by Gasteiger charge is 2.38. The summed E-state index contributed by atoms with van der Waals surface area (Å²) in [5.41, 5.74) is 7.21. The highest BCUT2D eigenvalue weighted by atomic mass is 32.2. The molecule has 0 spiro atoms. The molecule has 0 radical (unpaired) electrons. The zero-order valence-electron chi connectivity index (χ0n) is 42.1. The number of aromatic nitrogens is 1. The van der Waals surface area contributed by atoms with E-state index in [-0.39, 0.29) is 74.8 Å². The van der Waals surface area contributed by atoms with Crippen molar-refractivity contribution in [2.24, 2.45) is 10.7 Å². The van der Waals surface area contributed by atoms with Gasteiger partial charge in [-0.25, -0.2) is 19.0 Å². The van der Waals surface area contributed by atoms with Crippen molar-refractivity contribution in [2.75, 3.05) is 171 Å². The number of imide groups is 1. The number of hydrogen-bond acceptors (Lipinski definition) is 21. The smallest absolute Gasteiger partial charge is 0.273 e. The molecule has 4 heterocycles. The van der Waals surface area contributed by atoms with Crippen LogP contribution in [0.2, 0.25) is 0 Å². The van der Waals surface area contributed by atoms with Gasteiger partial charge in [0.1, 0.15) is 12.4 Å². The van der Waals surface area contributed by atoms with Crippen molar-refractivity contribution < 1.29 is 80.4 Å². The summed E-state index contributed by atoms with van der Waals surface area (Å²) in [5, 5.41) is 3.32. The van der Waals surface area contributed by atoms with Crippen LogP contribution in [0.25, 0.3) is 6.08 Å². The number of amidine groups is 1. The van der Waals surface area contributed by atoms with Gasteiger partial charge in [-0.2, -0.15) is 0 Å². The van der Waals surface area contributed by atoms with Crippen molar-refractivity contribution in [2.45, 2.75) is 43.3 Å². The van der Waals surface area contributed by atoms with Crippen LogP contribution in [0.3, 0.4) is 0 Å². The van der Waals surface area contributed by atoms with Crippen LogP contribution in [0.4, 0.5) is 5.69 Å². The summed E-state index contributed by atoms with van der Waals surface area (Å²) in [6.07, 6.45) is 6.17. The summed E-state index contributed by atoms with van der Waals surface area (Å²) in [6, 6.07) is 1.53. The van der Waals surface area contributed by atoms with Gasteiger partial charge in [-0.15, -0.1) is 0 Å². The molecular formula is C47H74N8O17S. The number of ether oxygens (including phenoxy) is 10. The first-order valence-corrected chi connectivity index (χ1v) is 26.2. The molecule has 4 N–H and O–H groups in total. The Bertz CT molecular complexity index is 2050. The summed E-state index contributed by atoms with van der Waals surface area (Å²) in [4.78, 5) is 77.6. The van der Waals surface area contributed by atoms with Crippen LogP contribution in [0.1, 0.15) is 38.8 Å². The maximum atomic E-state index is 13.7. The number of carbonyl (C=O) groups is 5. The first-order chi connectivity index (χ1) is 35.4. The minimum absolute atomic E-state index is 0.0867. The van der Waals surface area contributed by atoms with Crippen LogP contribution >= 0.6 is 0 Å². The molecule has 25 nitrogen and oxygen atoms in total. The Balaban J connectivity index is 0.852. The SMILES string of the molecule is CCCN(OCC)C(=O)C1=Cc2ncc(S(=N)(=O)C3CN(C(=O)CCOCCOCCOCCOCCOCCOCCOCCOCCOCCOCCNC(=O)CN4C(=O)C=CC4=O)C3)cc2N=C(N)C1. The number of rotatable bonds is 42. The second-order valence-corrected chi connectivity index (χ2v) is 18.5. The van der Waals surface area contributed by atoms with Gasteiger partial charge in [0.2, 0.25) is 11.8 Å². The van der Waals surface area contributed by atoms with Crippen molar-refractivity contribution in [1.82, 2.24) is 25.2 Å². The van der Waals surface area contributed by atoms with E-state index < -0.39 is 32.7 Å². The molecule has 0 aliphatic carbocycles. The molecule has 0 saturated carbocycles. The topological polar surface area (TPSA) is 301 Å². The first kappa shape index (κ1) is 60.7. The third-order valence-corrected chi connectivity index (χ3v) is 12.8. The Hall–Kier alpha value is -4.84. The molecule has 1 unspecified atom stereocenters. The highest BCUT2D eigenvalue weighted by Crippen LogP contribution is 2.31. The average molecular weight is 1060 g/mol. The van der Waals surface area contributed by atoms with E-state index in [1.165, 1.54) is 17.3 Å². The lowest BCUT2D eigenvalue weighted by atomic mass is 10.1. The third kappa shape index (κ3) is 23.1. The van der Waals surface area contributed by atoms with E-state index in [0.717, 1.165) is 17.1 Å². The van der Waals surface area contributed by atoms with Crippen LogP contribution in [0, 0.1) is 4.78 Å². The summed E-state index contributed by atoms with van der Waals surface area (Å²) < 4.78 is 77.2. The van der Waals surface area contributed by atoms with Gasteiger partial charge in [-0.1, -0.05) is 6.92 Å². The van der Waals surface area contributed by atoms with E-state index in [9.17, 15) is 28.2 Å². The van der Waals surface area contributed by atoms with Crippen molar-refractivity contribution in [1.29, 1.82) is 4.78 Å². The van der Waals surface area contributed by atoms with E-state index in [1.807, 2.05) is 6.92 Å². The number of pyridine rings is 1. The van der Waals surface area contributed by atoms with Gasteiger partial charge in [0.05, 0.1) is 176 Å². The number of likely N-dealkylation sites (tertiary alicyclic amines) is 1. The fraction of sp³-hybridized carbons (Fsp3) is 0.681. The van der Waals surface area contributed by atoms with Crippen molar-refractivity contribution >= 4 is 56.9 Å². The van der Waals surface area contributed by atoms with E-state index in [4.69, 9.17) is 62.7 Å². The normalized spacial score (nSPS) is 15.4. The molecular weight excluding hydrogens is 981 g/mol. The van der Waals surface area contributed by atoms with Gasteiger partial charge in [0.25, 0.3) is 17.7 Å². The van der Waals surface area contributed by atoms with Crippen molar-refractivity contribution in [3.63, 3.8) is 0 Å². The minimum Gasteiger partial charge on any atom is -0.387 e. The van der Waals surface area contributed by atoms with Gasteiger partial charge >= 0.3 is 0 Å². The predicted molar refractivity (Wildman–Crippen MR) is 263 cm³/mol. The molecule has 1 atom stereocenters. The number of aliphatic imine (C=N–C) groups is 1. The van der Waals surface area contributed by atoms with Crippen LogP contribution in [-0.4, -0.2) is 236 Å². The Kier molecular flexibility index (Phi) is 29.4. The number of nitrogens with zero attached hydrogens (tertiary/aromatic N) is 5. The second kappa shape index (κ2) is 35.4. The predicted octanol–water partition coefficient (Wildman–Crippen LogP) is 0.261. The highest BCUT2D eigenvalue weighted by molar-refractivity contribution is 7.93. The van der Waals surface area contributed by atoms with E-state index in [0.29, 0.717) is 155 Å². The summed E-state index contributed by atoms with van der Waals surface area (Å²) in [5.74, 6) is -1.75. The van der Waals surface area contributed by atoms with Crippen LogP contribution in [0.15, 0.2) is 39.9 Å². The molecule has 1 aromatic heterocycles. The van der Waals surface area contributed by atoms with Gasteiger partial charge in [-0.05, 0) is 25.5 Å². The molecule has 3 aliphatic heterocycles. The van der Waals surface area contributed by atoms with Gasteiger partial charge < -0.3 is 63.3 Å². The molecule has 0 aromatic carbocycles. The Morgan fingerprint density at radius 3 is 1.67 bits per heavy atom. The molecule has 0 bridgehead atoms. The molecule has 4 rings (SSSR count). The maximum absolute atomic E-state index is 13.7. The lowest BCUT2D eigenvalue weighted by molar-refractivity contribution is -0.180. The van der Waals surface area contributed by atoms with Gasteiger partial charge in [-0.3, -0.25) is 38.7 Å². The quantitative estimate of drug-likeness (QED) is 0.0449. The maximum Gasteiger partial charge on any atom is 0.273 e. The number of nitrogens with two attached hydrogens (primary N) is 1. The molecule has 1 fully saturated rings. The molecule has 410 valence electrons. The Morgan fingerprint density at radius 2 is 1.21 bits per heavy atom. The summed E-state index contributed by atoms with van der Waals surface area (Å²) >= 11 is 0. The van der Waals surface area contributed by atoms with E-state index >= 15 is 0 Å². The van der Waals surface area contributed by atoms with E-state index in [1.54, 1.807) is 17.9 Å². The minimum atomic E-state index is -3.33. The molecule has 73 heavy (non-hydrogen) atoms. The Morgan fingerprint density at radius 1 is 0.740 bits per heavy atom. The van der Waals surface area contributed by atoms with Crippen LogP contribution in [0.5, 0.6) is 0 Å². The largest absolute Gasteiger partial charge is 0.387 e. The van der Waals surface area contributed by atoms with E-state index in [2.05, 4.69) is 15.3 Å². The lowest BCUT2D eigenvalue weighted by Crippen LogP contribution is -2.56. The number of hydroxylamine groups is 2. The zero-order chi connectivity index (χ0) is 52.5. The third-order valence-electron chi connectivity index (χ3n) is 10.6. The standard InChI is InChI=1S/C47H74N8O17S/c1-3-9-55(72-4-2)47(60)37-30-40-41(52-42(48)31-37)32-38(33-51-40)73(49,61)39-34-53(35-39)44(57)7-10-62-12-14-64-16-18-66-20-22-68-24-26-70-28-29-71-27-25-69-23-21-67-19-17-65-15-13-63-11-8-50-43(56)36-54-45(58)5-6-46(54)59/h5-6,30,32-33,39,49H,3-4,7-29,31,34-36H2,1-2H3,(H2,48,52)(H,50,56). The number of nitrogens with one attached hydrogen (secondary N) is 2. The fourth-order valence-corrected chi connectivity index (χ4v) is 8.45. The number of amides is 5. The number of hydrogen-bond donors (Lipinski definition) is 3. The molecule has 1 aromatic rings.